The zero-order chi connectivity index (χ0) is 13.7. The van der Waals surface area contributed by atoms with Gasteiger partial charge in [-0.05, 0) is 42.8 Å². The summed E-state index contributed by atoms with van der Waals surface area (Å²) in [5.74, 6) is 0.869. The summed E-state index contributed by atoms with van der Waals surface area (Å²) in [5.41, 5.74) is 1.99. The number of anilines is 1. The first kappa shape index (κ1) is 14.0. The third kappa shape index (κ3) is 3.79. The summed E-state index contributed by atoms with van der Waals surface area (Å²) in [6.45, 7) is 3.27. The number of halogens is 2. The third-order valence-electron chi connectivity index (χ3n) is 2.68. The predicted molar refractivity (Wildman–Crippen MR) is 81.4 cm³/mol. The normalized spacial score (nSPS) is 10.3. The van der Waals surface area contributed by atoms with Crippen molar-refractivity contribution in [2.75, 3.05) is 11.9 Å². The Kier molecular flexibility index (Phi) is 4.94. The minimum absolute atomic E-state index is 0.577. The van der Waals surface area contributed by atoms with E-state index in [2.05, 4.69) is 5.32 Å². The topological polar surface area (TPSA) is 21.3 Å². The second-order valence-corrected chi connectivity index (χ2v) is 4.81. The summed E-state index contributed by atoms with van der Waals surface area (Å²) in [5, 5.41) is 4.48. The molecule has 0 spiro atoms. The molecular weight excluding hydrogens is 281 g/mol. The van der Waals surface area contributed by atoms with Crippen molar-refractivity contribution in [2.24, 2.45) is 0 Å². The van der Waals surface area contributed by atoms with Crippen LogP contribution in [0.3, 0.4) is 0 Å². The smallest absolute Gasteiger partial charge is 0.119 e. The highest BCUT2D eigenvalue weighted by Crippen LogP contribution is 2.26. The SMILES string of the molecule is CCOc1ccc(NCc2cccc(Cl)c2Cl)cc1. The predicted octanol–water partition coefficient (Wildman–Crippen LogP) is 5.00. The molecule has 100 valence electrons. The van der Waals surface area contributed by atoms with Gasteiger partial charge in [0.2, 0.25) is 0 Å². The molecule has 0 amide bonds. The van der Waals surface area contributed by atoms with Crippen molar-refractivity contribution in [1.29, 1.82) is 0 Å². The van der Waals surface area contributed by atoms with Gasteiger partial charge in [0.15, 0.2) is 0 Å². The number of rotatable bonds is 5. The van der Waals surface area contributed by atoms with Crippen LogP contribution < -0.4 is 10.1 Å². The van der Waals surface area contributed by atoms with Crippen molar-refractivity contribution < 1.29 is 4.74 Å². The molecule has 0 unspecified atom stereocenters. The molecule has 0 bridgehead atoms. The number of hydrogen-bond acceptors (Lipinski definition) is 2. The number of benzene rings is 2. The monoisotopic (exact) mass is 295 g/mol. The standard InChI is InChI=1S/C15H15Cl2NO/c1-2-19-13-8-6-12(7-9-13)18-10-11-4-3-5-14(16)15(11)17/h3-9,18H,2,10H2,1H3. The van der Waals surface area contributed by atoms with Crippen LogP contribution in [0.1, 0.15) is 12.5 Å². The van der Waals surface area contributed by atoms with Crippen LogP contribution in [0.2, 0.25) is 10.0 Å². The van der Waals surface area contributed by atoms with E-state index >= 15 is 0 Å². The molecule has 19 heavy (non-hydrogen) atoms. The van der Waals surface area contributed by atoms with E-state index in [4.69, 9.17) is 27.9 Å². The van der Waals surface area contributed by atoms with Crippen LogP contribution in [-0.4, -0.2) is 6.61 Å². The Morgan fingerprint density at radius 1 is 1.05 bits per heavy atom. The van der Waals surface area contributed by atoms with Crippen LogP contribution in [0.15, 0.2) is 42.5 Å². The van der Waals surface area contributed by atoms with Gasteiger partial charge >= 0.3 is 0 Å². The van der Waals surface area contributed by atoms with Gasteiger partial charge in [0.1, 0.15) is 5.75 Å². The van der Waals surface area contributed by atoms with Gasteiger partial charge in [-0.2, -0.15) is 0 Å². The summed E-state index contributed by atoms with van der Waals surface area (Å²) in [4.78, 5) is 0. The van der Waals surface area contributed by atoms with Crippen LogP contribution in [0.5, 0.6) is 5.75 Å². The number of ether oxygens (including phenoxy) is 1. The molecule has 0 aliphatic carbocycles. The fourth-order valence-electron chi connectivity index (χ4n) is 1.72. The molecular formula is C15H15Cl2NO. The van der Waals surface area contributed by atoms with Crippen molar-refractivity contribution in [2.45, 2.75) is 13.5 Å². The van der Waals surface area contributed by atoms with Crippen LogP contribution in [0, 0.1) is 0 Å². The van der Waals surface area contributed by atoms with Crippen LogP contribution in [-0.2, 0) is 6.54 Å². The van der Waals surface area contributed by atoms with E-state index in [9.17, 15) is 0 Å². The minimum Gasteiger partial charge on any atom is -0.494 e. The van der Waals surface area contributed by atoms with Crippen molar-refractivity contribution in [3.63, 3.8) is 0 Å². The molecule has 2 aromatic carbocycles. The van der Waals surface area contributed by atoms with Gasteiger partial charge in [-0.25, -0.2) is 0 Å². The fraction of sp³-hybridized carbons (Fsp3) is 0.200. The lowest BCUT2D eigenvalue weighted by Crippen LogP contribution is -2.00. The number of nitrogens with one attached hydrogen (secondary N) is 1. The first-order chi connectivity index (χ1) is 9.20. The molecule has 0 fully saturated rings. The Labute approximate surface area is 123 Å². The summed E-state index contributed by atoms with van der Waals surface area (Å²) in [7, 11) is 0. The van der Waals surface area contributed by atoms with Gasteiger partial charge in [-0.1, -0.05) is 35.3 Å². The van der Waals surface area contributed by atoms with Crippen LogP contribution >= 0.6 is 23.2 Å². The van der Waals surface area contributed by atoms with Crippen molar-refractivity contribution in [3.8, 4) is 5.75 Å². The molecule has 0 saturated carbocycles. The molecule has 2 rings (SSSR count). The van der Waals surface area contributed by atoms with Gasteiger partial charge in [-0.3, -0.25) is 0 Å². The van der Waals surface area contributed by atoms with Crippen LogP contribution in [0.4, 0.5) is 5.69 Å². The van der Waals surface area contributed by atoms with Crippen molar-refractivity contribution >= 4 is 28.9 Å². The Morgan fingerprint density at radius 3 is 2.47 bits per heavy atom. The second kappa shape index (κ2) is 6.69. The molecule has 0 heterocycles. The Bertz CT molecular complexity index is 540. The molecule has 1 N–H and O–H groups in total. The van der Waals surface area contributed by atoms with E-state index in [0.29, 0.717) is 23.2 Å². The lowest BCUT2D eigenvalue weighted by atomic mass is 10.2. The summed E-state index contributed by atoms with van der Waals surface area (Å²) in [6.07, 6.45) is 0. The van der Waals surface area contributed by atoms with Crippen LogP contribution in [0.25, 0.3) is 0 Å². The highest BCUT2D eigenvalue weighted by atomic mass is 35.5. The molecule has 2 nitrogen and oxygen atoms in total. The van der Waals surface area contributed by atoms with Gasteiger partial charge in [-0.15, -0.1) is 0 Å². The van der Waals surface area contributed by atoms with Gasteiger partial charge in [0, 0.05) is 12.2 Å². The van der Waals surface area contributed by atoms with E-state index in [1.165, 1.54) is 0 Å². The quantitative estimate of drug-likeness (QED) is 0.838. The first-order valence-electron chi connectivity index (χ1n) is 6.10. The second-order valence-electron chi connectivity index (χ2n) is 4.02. The zero-order valence-corrected chi connectivity index (χ0v) is 12.1. The highest BCUT2D eigenvalue weighted by Gasteiger charge is 2.03. The lowest BCUT2D eigenvalue weighted by Gasteiger charge is -2.10. The number of hydrogen-bond donors (Lipinski definition) is 1. The average molecular weight is 296 g/mol. The Hall–Kier alpha value is -1.38. The van der Waals surface area contributed by atoms with Gasteiger partial charge in [0.25, 0.3) is 0 Å². The molecule has 0 atom stereocenters. The zero-order valence-electron chi connectivity index (χ0n) is 10.6. The van der Waals surface area contributed by atoms with E-state index < -0.39 is 0 Å². The van der Waals surface area contributed by atoms with E-state index in [-0.39, 0.29) is 0 Å². The Balaban J connectivity index is 2.00. The third-order valence-corrected chi connectivity index (χ3v) is 3.54. The summed E-state index contributed by atoms with van der Waals surface area (Å²) < 4.78 is 5.39. The van der Waals surface area contributed by atoms with Gasteiger partial charge < -0.3 is 10.1 Å². The van der Waals surface area contributed by atoms with Gasteiger partial charge in [0.05, 0.1) is 16.7 Å². The molecule has 0 radical (unpaired) electrons. The summed E-state index contributed by atoms with van der Waals surface area (Å²) >= 11 is 12.1. The molecule has 0 aliphatic heterocycles. The largest absolute Gasteiger partial charge is 0.494 e. The Morgan fingerprint density at radius 2 is 1.79 bits per heavy atom. The average Bonchev–Trinajstić information content (AvgIpc) is 2.42. The minimum atomic E-state index is 0.577. The maximum absolute atomic E-state index is 6.13. The van der Waals surface area contributed by atoms with E-state index in [0.717, 1.165) is 17.0 Å². The highest BCUT2D eigenvalue weighted by molar-refractivity contribution is 6.42. The fourth-order valence-corrected chi connectivity index (χ4v) is 2.10. The molecule has 0 aromatic heterocycles. The maximum Gasteiger partial charge on any atom is 0.119 e. The summed E-state index contributed by atoms with van der Waals surface area (Å²) in [6, 6.07) is 13.5. The molecule has 0 aliphatic rings. The maximum atomic E-state index is 6.13. The lowest BCUT2D eigenvalue weighted by molar-refractivity contribution is 0.340. The van der Waals surface area contributed by atoms with Crippen molar-refractivity contribution in [3.05, 3.63) is 58.1 Å². The first-order valence-corrected chi connectivity index (χ1v) is 6.86. The molecule has 4 heteroatoms. The van der Waals surface area contributed by atoms with Crippen molar-refractivity contribution in [1.82, 2.24) is 0 Å². The molecule has 0 saturated heterocycles. The van der Waals surface area contributed by atoms with E-state index in [1.54, 1.807) is 6.07 Å². The van der Waals surface area contributed by atoms with E-state index in [1.807, 2.05) is 43.3 Å². The molecule has 2 aromatic rings.